The summed E-state index contributed by atoms with van der Waals surface area (Å²) in [5, 5.41) is 0. The fourth-order valence-electron chi connectivity index (χ4n) is 2.24. The van der Waals surface area contributed by atoms with Gasteiger partial charge in [-0.05, 0) is 36.8 Å². The summed E-state index contributed by atoms with van der Waals surface area (Å²) in [6.45, 7) is 2.10. The van der Waals surface area contributed by atoms with Gasteiger partial charge in [0, 0.05) is 12.6 Å². The van der Waals surface area contributed by atoms with Gasteiger partial charge >= 0.3 is 0 Å². The molecule has 0 fully saturated rings. The highest BCUT2D eigenvalue weighted by Gasteiger charge is 2.12. The van der Waals surface area contributed by atoms with Crippen LogP contribution in [0.25, 0.3) is 16.9 Å². The van der Waals surface area contributed by atoms with E-state index in [1.807, 2.05) is 22.8 Å². The second kappa shape index (κ2) is 4.80. The second-order valence-corrected chi connectivity index (χ2v) is 4.44. The van der Waals surface area contributed by atoms with Crippen LogP contribution >= 0.6 is 0 Å². The van der Waals surface area contributed by atoms with Crippen LogP contribution in [-0.4, -0.2) is 14.5 Å². The summed E-state index contributed by atoms with van der Waals surface area (Å²) in [5.74, 6) is 0.666. The van der Waals surface area contributed by atoms with Gasteiger partial charge in [-0.3, -0.25) is 4.57 Å². The molecule has 0 aliphatic carbocycles. The molecule has 19 heavy (non-hydrogen) atoms. The number of imidazole rings is 1. The smallest absolute Gasteiger partial charge is 0.164 e. The summed E-state index contributed by atoms with van der Waals surface area (Å²) < 4.78 is 15.4. The van der Waals surface area contributed by atoms with Gasteiger partial charge in [-0.25, -0.2) is 14.4 Å². The van der Waals surface area contributed by atoms with E-state index in [9.17, 15) is 4.39 Å². The van der Waals surface area contributed by atoms with Crippen molar-refractivity contribution in [2.24, 2.45) is 0 Å². The number of pyridine rings is 1. The van der Waals surface area contributed by atoms with E-state index >= 15 is 0 Å². The monoisotopic (exact) mass is 255 g/mol. The van der Waals surface area contributed by atoms with E-state index in [1.54, 1.807) is 12.3 Å². The average molecular weight is 255 g/mol. The molecule has 0 saturated heterocycles. The van der Waals surface area contributed by atoms with Crippen LogP contribution in [0.3, 0.4) is 0 Å². The number of aryl methyl sites for hydroxylation is 1. The number of hydrogen-bond acceptors (Lipinski definition) is 2. The molecule has 3 nitrogen and oxygen atoms in total. The van der Waals surface area contributed by atoms with E-state index in [0.717, 1.165) is 35.5 Å². The van der Waals surface area contributed by atoms with Crippen molar-refractivity contribution < 1.29 is 4.39 Å². The van der Waals surface area contributed by atoms with Crippen LogP contribution in [0.2, 0.25) is 0 Å². The number of fused-ring (bicyclic) bond motifs is 1. The zero-order valence-corrected chi connectivity index (χ0v) is 10.7. The van der Waals surface area contributed by atoms with E-state index in [4.69, 9.17) is 0 Å². The molecule has 0 unspecified atom stereocenters. The standard InChI is InChI=1S/C15H14FN3/c1-2-5-14-18-13-8-4-9-17-15(13)19(14)12-7-3-6-11(16)10-12/h3-4,6-10H,2,5H2,1H3. The molecular formula is C15H14FN3. The van der Waals surface area contributed by atoms with Gasteiger partial charge in [0.1, 0.15) is 17.2 Å². The SMILES string of the molecule is CCCc1nc2cccnc2n1-c1cccc(F)c1. The Morgan fingerprint density at radius 3 is 2.89 bits per heavy atom. The molecule has 1 aromatic carbocycles. The predicted octanol–water partition coefficient (Wildman–Crippen LogP) is 3.51. The van der Waals surface area contributed by atoms with Crippen molar-refractivity contribution in [3.63, 3.8) is 0 Å². The van der Waals surface area contributed by atoms with Crippen molar-refractivity contribution in [3.05, 3.63) is 54.2 Å². The largest absolute Gasteiger partial charge is 0.281 e. The maximum absolute atomic E-state index is 13.4. The fraction of sp³-hybridized carbons (Fsp3) is 0.200. The first kappa shape index (κ1) is 11.8. The lowest BCUT2D eigenvalue weighted by Crippen LogP contribution is -2.02. The van der Waals surface area contributed by atoms with Crippen LogP contribution in [0.1, 0.15) is 19.2 Å². The Labute approximate surface area is 110 Å². The van der Waals surface area contributed by atoms with E-state index in [-0.39, 0.29) is 5.82 Å². The molecule has 3 rings (SSSR count). The first-order chi connectivity index (χ1) is 9.29. The third-order valence-corrected chi connectivity index (χ3v) is 3.03. The minimum atomic E-state index is -0.252. The Hall–Kier alpha value is -2.23. The van der Waals surface area contributed by atoms with Gasteiger partial charge in [-0.1, -0.05) is 13.0 Å². The third-order valence-electron chi connectivity index (χ3n) is 3.03. The molecule has 0 amide bonds. The van der Waals surface area contributed by atoms with Crippen LogP contribution in [-0.2, 0) is 6.42 Å². The van der Waals surface area contributed by atoms with E-state index in [1.165, 1.54) is 12.1 Å². The van der Waals surface area contributed by atoms with Gasteiger partial charge in [-0.15, -0.1) is 0 Å². The Balaban J connectivity index is 2.28. The van der Waals surface area contributed by atoms with Gasteiger partial charge < -0.3 is 0 Å². The molecule has 4 heteroatoms. The van der Waals surface area contributed by atoms with Crippen LogP contribution in [0, 0.1) is 5.82 Å². The van der Waals surface area contributed by atoms with Gasteiger partial charge in [0.2, 0.25) is 0 Å². The summed E-state index contributed by atoms with van der Waals surface area (Å²) in [6.07, 6.45) is 3.56. The van der Waals surface area contributed by atoms with E-state index in [2.05, 4.69) is 16.9 Å². The molecule has 0 aliphatic rings. The lowest BCUT2D eigenvalue weighted by molar-refractivity contribution is 0.626. The fourth-order valence-corrected chi connectivity index (χ4v) is 2.24. The van der Waals surface area contributed by atoms with Gasteiger partial charge in [0.25, 0.3) is 0 Å². The molecule has 0 N–H and O–H groups in total. The van der Waals surface area contributed by atoms with Crippen LogP contribution in [0.4, 0.5) is 4.39 Å². The summed E-state index contributed by atoms with van der Waals surface area (Å²) in [7, 11) is 0. The Morgan fingerprint density at radius 2 is 2.11 bits per heavy atom. The zero-order chi connectivity index (χ0) is 13.2. The van der Waals surface area contributed by atoms with Crippen LogP contribution in [0.15, 0.2) is 42.6 Å². The van der Waals surface area contributed by atoms with Crippen molar-refractivity contribution in [2.45, 2.75) is 19.8 Å². The summed E-state index contributed by atoms with van der Waals surface area (Å²) in [5.41, 5.74) is 2.39. The zero-order valence-electron chi connectivity index (χ0n) is 10.7. The first-order valence-electron chi connectivity index (χ1n) is 6.38. The highest BCUT2D eigenvalue weighted by Crippen LogP contribution is 2.21. The number of hydrogen-bond donors (Lipinski definition) is 0. The molecule has 96 valence electrons. The Morgan fingerprint density at radius 1 is 1.21 bits per heavy atom. The van der Waals surface area contributed by atoms with Crippen molar-refractivity contribution >= 4 is 11.2 Å². The summed E-state index contributed by atoms with van der Waals surface area (Å²) >= 11 is 0. The maximum Gasteiger partial charge on any atom is 0.164 e. The highest BCUT2D eigenvalue weighted by molar-refractivity contribution is 5.73. The average Bonchev–Trinajstić information content (AvgIpc) is 2.77. The normalized spacial score (nSPS) is 11.1. The predicted molar refractivity (Wildman–Crippen MR) is 72.8 cm³/mol. The second-order valence-electron chi connectivity index (χ2n) is 4.44. The topological polar surface area (TPSA) is 30.7 Å². The highest BCUT2D eigenvalue weighted by atomic mass is 19.1. The Bertz CT molecular complexity index is 718. The van der Waals surface area contributed by atoms with Crippen molar-refractivity contribution in [1.82, 2.24) is 14.5 Å². The van der Waals surface area contributed by atoms with Crippen molar-refractivity contribution in [3.8, 4) is 5.69 Å². The quantitative estimate of drug-likeness (QED) is 0.717. The number of aromatic nitrogens is 3. The minimum absolute atomic E-state index is 0.252. The molecule has 0 spiro atoms. The van der Waals surface area contributed by atoms with E-state index in [0.29, 0.717) is 0 Å². The molecule has 2 heterocycles. The molecule has 0 saturated carbocycles. The first-order valence-corrected chi connectivity index (χ1v) is 6.38. The summed E-state index contributed by atoms with van der Waals surface area (Å²) in [6, 6.07) is 10.3. The van der Waals surface area contributed by atoms with Crippen LogP contribution < -0.4 is 0 Å². The number of halogens is 1. The van der Waals surface area contributed by atoms with E-state index < -0.39 is 0 Å². The third kappa shape index (κ3) is 2.10. The number of rotatable bonds is 3. The van der Waals surface area contributed by atoms with Gasteiger partial charge in [0.15, 0.2) is 5.65 Å². The van der Waals surface area contributed by atoms with Crippen molar-refractivity contribution in [1.29, 1.82) is 0 Å². The summed E-state index contributed by atoms with van der Waals surface area (Å²) in [4.78, 5) is 8.95. The number of nitrogens with zero attached hydrogens (tertiary/aromatic N) is 3. The van der Waals surface area contributed by atoms with Gasteiger partial charge in [0.05, 0.1) is 5.69 Å². The van der Waals surface area contributed by atoms with Gasteiger partial charge in [-0.2, -0.15) is 0 Å². The minimum Gasteiger partial charge on any atom is -0.281 e. The molecular weight excluding hydrogens is 241 g/mol. The number of benzene rings is 1. The molecule has 0 aliphatic heterocycles. The molecule has 0 radical (unpaired) electrons. The van der Waals surface area contributed by atoms with Crippen molar-refractivity contribution in [2.75, 3.05) is 0 Å². The molecule has 0 atom stereocenters. The lowest BCUT2D eigenvalue weighted by atomic mass is 10.2. The maximum atomic E-state index is 13.4. The Kier molecular flexibility index (Phi) is 2.99. The molecule has 3 aromatic rings. The molecule has 2 aromatic heterocycles. The van der Waals surface area contributed by atoms with Crippen LogP contribution in [0.5, 0.6) is 0 Å². The molecule has 0 bridgehead atoms. The lowest BCUT2D eigenvalue weighted by Gasteiger charge is -2.07.